The van der Waals surface area contributed by atoms with Crippen LogP contribution in [0.4, 0.5) is 0 Å². The predicted octanol–water partition coefficient (Wildman–Crippen LogP) is 1.51. The largest absolute Gasteiger partial charge is 0.481 e. The van der Waals surface area contributed by atoms with Crippen LogP contribution in [0.25, 0.3) is 0 Å². The SMILES string of the molecule is O=C(O)C1CS(=O)(=O)C1c1cccc(Cl)c1. The fraction of sp³-hybridized carbons (Fsp3) is 0.300. The van der Waals surface area contributed by atoms with Crippen molar-refractivity contribution in [3.8, 4) is 0 Å². The molecule has 1 saturated heterocycles. The van der Waals surface area contributed by atoms with Gasteiger partial charge in [0.15, 0.2) is 9.84 Å². The van der Waals surface area contributed by atoms with E-state index in [-0.39, 0.29) is 5.75 Å². The highest BCUT2D eigenvalue weighted by molar-refractivity contribution is 7.93. The van der Waals surface area contributed by atoms with Crippen LogP contribution in [-0.4, -0.2) is 25.2 Å². The number of hydrogen-bond acceptors (Lipinski definition) is 3. The van der Waals surface area contributed by atoms with E-state index in [0.717, 1.165) is 0 Å². The molecule has 1 N–H and O–H groups in total. The van der Waals surface area contributed by atoms with E-state index in [1.807, 2.05) is 0 Å². The van der Waals surface area contributed by atoms with E-state index < -0.39 is 27.0 Å². The summed E-state index contributed by atoms with van der Waals surface area (Å²) < 4.78 is 23.1. The van der Waals surface area contributed by atoms with Crippen molar-refractivity contribution in [1.29, 1.82) is 0 Å². The molecule has 1 heterocycles. The molecule has 0 amide bonds. The van der Waals surface area contributed by atoms with Crippen LogP contribution in [0, 0.1) is 5.92 Å². The minimum atomic E-state index is -3.33. The van der Waals surface area contributed by atoms with Gasteiger partial charge in [-0.3, -0.25) is 4.79 Å². The van der Waals surface area contributed by atoms with Gasteiger partial charge in [0.2, 0.25) is 0 Å². The van der Waals surface area contributed by atoms with Crippen molar-refractivity contribution < 1.29 is 18.3 Å². The Kier molecular flexibility index (Phi) is 2.67. The van der Waals surface area contributed by atoms with Crippen molar-refractivity contribution in [2.75, 3.05) is 5.75 Å². The van der Waals surface area contributed by atoms with Crippen LogP contribution in [0.3, 0.4) is 0 Å². The molecule has 0 saturated carbocycles. The number of sulfone groups is 1. The van der Waals surface area contributed by atoms with Crippen LogP contribution in [-0.2, 0) is 14.6 Å². The van der Waals surface area contributed by atoms with E-state index >= 15 is 0 Å². The van der Waals surface area contributed by atoms with Crippen LogP contribution < -0.4 is 0 Å². The molecule has 2 unspecified atom stereocenters. The molecular weight excluding hydrogens is 252 g/mol. The van der Waals surface area contributed by atoms with Gasteiger partial charge < -0.3 is 5.11 Å². The summed E-state index contributed by atoms with van der Waals surface area (Å²) in [5.74, 6) is -2.23. The Morgan fingerprint density at radius 1 is 1.44 bits per heavy atom. The molecule has 1 aliphatic heterocycles. The van der Waals surface area contributed by atoms with Gasteiger partial charge in [-0.15, -0.1) is 0 Å². The normalized spacial score (nSPS) is 27.1. The highest BCUT2D eigenvalue weighted by atomic mass is 35.5. The minimum Gasteiger partial charge on any atom is -0.481 e. The van der Waals surface area contributed by atoms with E-state index in [1.165, 1.54) is 6.07 Å². The molecule has 2 rings (SSSR count). The number of hydrogen-bond donors (Lipinski definition) is 1. The first-order valence-electron chi connectivity index (χ1n) is 4.61. The second-order valence-electron chi connectivity index (χ2n) is 3.75. The fourth-order valence-corrected chi connectivity index (χ4v) is 4.05. The van der Waals surface area contributed by atoms with Crippen LogP contribution in [0.15, 0.2) is 24.3 Å². The maximum Gasteiger partial charge on any atom is 0.309 e. The van der Waals surface area contributed by atoms with Crippen molar-refractivity contribution >= 4 is 27.4 Å². The monoisotopic (exact) mass is 260 g/mol. The number of carboxylic acid groups (broad SMARTS) is 1. The molecule has 1 aliphatic rings. The first-order valence-corrected chi connectivity index (χ1v) is 6.71. The number of benzene rings is 1. The summed E-state index contributed by atoms with van der Waals surface area (Å²) >= 11 is 5.75. The number of aliphatic carboxylic acids is 1. The highest BCUT2D eigenvalue weighted by Gasteiger charge is 2.50. The van der Waals surface area contributed by atoms with Crippen LogP contribution in [0.1, 0.15) is 10.8 Å². The van der Waals surface area contributed by atoms with Crippen LogP contribution in [0.2, 0.25) is 5.02 Å². The summed E-state index contributed by atoms with van der Waals surface area (Å²) in [5.41, 5.74) is 0.450. The summed E-state index contributed by atoms with van der Waals surface area (Å²) in [6.45, 7) is 0. The van der Waals surface area contributed by atoms with Gasteiger partial charge >= 0.3 is 5.97 Å². The quantitative estimate of drug-likeness (QED) is 0.875. The topological polar surface area (TPSA) is 71.4 Å². The lowest BCUT2D eigenvalue weighted by molar-refractivity contribution is -0.141. The molecule has 0 bridgehead atoms. The Morgan fingerprint density at radius 3 is 2.62 bits per heavy atom. The molecule has 1 aromatic rings. The fourth-order valence-electron chi connectivity index (χ4n) is 1.89. The molecule has 86 valence electrons. The van der Waals surface area contributed by atoms with Crippen molar-refractivity contribution in [2.45, 2.75) is 5.25 Å². The summed E-state index contributed by atoms with van der Waals surface area (Å²) in [4.78, 5) is 10.8. The summed E-state index contributed by atoms with van der Waals surface area (Å²) in [7, 11) is -3.33. The van der Waals surface area contributed by atoms with E-state index in [9.17, 15) is 13.2 Å². The predicted molar refractivity (Wildman–Crippen MR) is 59.1 cm³/mol. The Hall–Kier alpha value is -1.07. The van der Waals surface area contributed by atoms with Gasteiger partial charge in [0.05, 0.1) is 11.7 Å². The third kappa shape index (κ3) is 1.81. The molecule has 1 aromatic carbocycles. The lowest BCUT2D eigenvalue weighted by atomic mass is 9.99. The number of carbonyl (C=O) groups is 1. The summed E-state index contributed by atoms with van der Waals surface area (Å²) in [5, 5.41) is 8.32. The summed E-state index contributed by atoms with van der Waals surface area (Å²) in [6.07, 6.45) is 0. The zero-order valence-corrected chi connectivity index (χ0v) is 9.70. The molecule has 6 heteroatoms. The molecule has 4 nitrogen and oxygen atoms in total. The molecule has 0 radical (unpaired) electrons. The Morgan fingerprint density at radius 2 is 2.12 bits per heavy atom. The average Bonchev–Trinajstić information content (AvgIpc) is 2.14. The Balaban J connectivity index is 2.42. The lowest BCUT2D eigenvalue weighted by Gasteiger charge is -2.33. The molecule has 2 atom stereocenters. The molecule has 0 spiro atoms. The van der Waals surface area contributed by atoms with Gasteiger partial charge in [-0.1, -0.05) is 23.7 Å². The van der Waals surface area contributed by atoms with Crippen molar-refractivity contribution in [3.05, 3.63) is 34.9 Å². The lowest BCUT2D eigenvalue weighted by Crippen LogP contribution is -2.44. The van der Waals surface area contributed by atoms with E-state index in [2.05, 4.69) is 0 Å². The Bertz CT molecular complexity index is 538. The first kappa shape index (κ1) is 11.4. The number of halogens is 1. The smallest absolute Gasteiger partial charge is 0.309 e. The van der Waals surface area contributed by atoms with Crippen LogP contribution in [0.5, 0.6) is 0 Å². The van der Waals surface area contributed by atoms with E-state index in [0.29, 0.717) is 10.6 Å². The summed E-state index contributed by atoms with van der Waals surface area (Å²) in [6, 6.07) is 6.32. The number of rotatable bonds is 2. The number of carboxylic acids is 1. The van der Waals surface area contributed by atoms with Crippen molar-refractivity contribution in [2.24, 2.45) is 5.92 Å². The van der Waals surface area contributed by atoms with E-state index in [1.54, 1.807) is 18.2 Å². The van der Waals surface area contributed by atoms with Gasteiger partial charge in [-0.25, -0.2) is 8.42 Å². The van der Waals surface area contributed by atoms with Gasteiger partial charge in [0.1, 0.15) is 5.25 Å². The Labute approximate surface area is 97.8 Å². The minimum absolute atomic E-state index is 0.292. The maximum absolute atomic E-state index is 11.5. The average molecular weight is 261 g/mol. The molecular formula is C10H9ClO4S. The third-order valence-electron chi connectivity index (χ3n) is 2.66. The van der Waals surface area contributed by atoms with Gasteiger partial charge in [0.25, 0.3) is 0 Å². The van der Waals surface area contributed by atoms with Crippen molar-refractivity contribution in [1.82, 2.24) is 0 Å². The highest BCUT2D eigenvalue weighted by Crippen LogP contribution is 2.42. The standard InChI is InChI=1S/C10H9ClO4S/c11-7-3-1-2-6(4-7)9-8(10(12)13)5-16(9,14)15/h1-4,8-9H,5H2,(H,12,13). The van der Waals surface area contributed by atoms with Crippen LogP contribution >= 0.6 is 11.6 Å². The molecule has 0 aliphatic carbocycles. The van der Waals surface area contributed by atoms with Crippen molar-refractivity contribution in [3.63, 3.8) is 0 Å². The molecule has 1 fully saturated rings. The zero-order valence-electron chi connectivity index (χ0n) is 8.13. The second kappa shape index (κ2) is 3.75. The maximum atomic E-state index is 11.5. The van der Waals surface area contributed by atoms with Gasteiger partial charge in [-0.05, 0) is 17.7 Å². The van der Waals surface area contributed by atoms with Gasteiger partial charge in [-0.2, -0.15) is 0 Å². The zero-order chi connectivity index (χ0) is 11.9. The first-order chi connectivity index (χ1) is 7.42. The molecule has 0 aromatic heterocycles. The second-order valence-corrected chi connectivity index (χ2v) is 6.35. The van der Waals surface area contributed by atoms with Gasteiger partial charge in [0, 0.05) is 5.02 Å². The third-order valence-corrected chi connectivity index (χ3v) is 5.09. The van der Waals surface area contributed by atoms with E-state index in [4.69, 9.17) is 16.7 Å². The molecule has 16 heavy (non-hydrogen) atoms.